The first-order chi connectivity index (χ1) is 9.23. The molecule has 5 nitrogen and oxygen atoms in total. The summed E-state index contributed by atoms with van der Waals surface area (Å²) < 4.78 is 0. The number of hydrogen-bond donors (Lipinski definition) is 1. The molecule has 0 atom stereocenters. The second-order valence-electron chi connectivity index (χ2n) is 3.95. The molecular formula is C14H17N5. The maximum absolute atomic E-state index is 8.55. The molecule has 0 radical (unpaired) electrons. The second kappa shape index (κ2) is 7.86. The van der Waals surface area contributed by atoms with Gasteiger partial charge in [-0.1, -0.05) is 26.0 Å². The molecule has 0 heterocycles. The Labute approximate surface area is 113 Å². The molecule has 1 aromatic rings. The lowest BCUT2D eigenvalue weighted by Crippen LogP contribution is -2.21. The molecule has 0 spiro atoms. The van der Waals surface area contributed by atoms with Crippen LogP contribution in [0.5, 0.6) is 0 Å². The van der Waals surface area contributed by atoms with Gasteiger partial charge in [-0.25, -0.2) is 0 Å². The molecule has 0 amide bonds. The van der Waals surface area contributed by atoms with Gasteiger partial charge < -0.3 is 0 Å². The highest BCUT2D eigenvalue weighted by atomic mass is 15.3. The standard InChI is InChI=1S/C14H17N5/c1-3-19(4-2)11-12-5-7-13(8-6-12)17-18-14(9-15)10-16/h5-8,17H,3-4,11H2,1-2H3. The normalized spacial score (nSPS) is 9.53. The van der Waals surface area contributed by atoms with Gasteiger partial charge in [0.15, 0.2) is 0 Å². The van der Waals surface area contributed by atoms with E-state index in [-0.39, 0.29) is 5.71 Å². The third-order valence-electron chi connectivity index (χ3n) is 2.76. The Balaban J connectivity index is 2.65. The van der Waals surface area contributed by atoms with Gasteiger partial charge in [0, 0.05) is 6.54 Å². The van der Waals surface area contributed by atoms with Gasteiger partial charge in [-0.05, 0) is 30.8 Å². The number of hydrogen-bond acceptors (Lipinski definition) is 5. The molecule has 19 heavy (non-hydrogen) atoms. The summed E-state index contributed by atoms with van der Waals surface area (Å²) >= 11 is 0. The number of nitriles is 2. The van der Waals surface area contributed by atoms with E-state index in [1.807, 2.05) is 24.3 Å². The molecule has 1 rings (SSSR count). The Hall–Kier alpha value is -2.37. The largest absolute Gasteiger partial charge is 0.300 e. The molecule has 0 fully saturated rings. The molecule has 0 aliphatic carbocycles. The lowest BCUT2D eigenvalue weighted by molar-refractivity contribution is 0.296. The van der Waals surface area contributed by atoms with Crippen LogP contribution in [0, 0.1) is 22.7 Å². The molecule has 5 heteroatoms. The van der Waals surface area contributed by atoms with E-state index in [0.29, 0.717) is 0 Å². The Bertz CT molecular complexity index is 484. The van der Waals surface area contributed by atoms with Crippen molar-refractivity contribution in [1.29, 1.82) is 10.5 Å². The van der Waals surface area contributed by atoms with Gasteiger partial charge in [0.1, 0.15) is 12.1 Å². The van der Waals surface area contributed by atoms with Gasteiger partial charge in [0.2, 0.25) is 5.71 Å². The maximum atomic E-state index is 8.55. The number of nitrogens with one attached hydrogen (secondary N) is 1. The number of benzene rings is 1. The van der Waals surface area contributed by atoms with E-state index in [2.05, 4.69) is 29.3 Å². The van der Waals surface area contributed by atoms with Crippen molar-refractivity contribution >= 4 is 11.4 Å². The van der Waals surface area contributed by atoms with E-state index in [0.717, 1.165) is 25.3 Å². The van der Waals surface area contributed by atoms with Gasteiger partial charge in [-0.2, -0.15) is 15.6 Å². The van der Waals surface area contributed by atoms with Crippen molar-refractivity contribution in [3.05, 3.63) is 29.8 Å². The Morgan fingerprint density at radius 2 is 1.74 bits per heavy atom. The monoisotopic (exact) mass is 255 g/mol. The van der Waals surface area contributed by atoms with Crippen LogP contribution in [0.2, 0.25) is 0 Å². The van der Waals surface area contributed by atoms with Crippen molar-refractivity contribution in [3.63, 3.8) is 0 Å². The van der Waals surface area contributed by atoms with Crippen LogP contribution in [0.1, 0.15) is 19.4 Å². The first-order valence-electron chi connectivity index (χ1n) is 6.18. The van der Waals surface area contributed by atoms with Gasteiger partial charge in [0.25, 0.3) is 0 Å². The lowest BCUT2D eigenvalue weighted by Gasteiger charge is -2.17. The number of anilines is 1. The summed E-state index contributed by atoms with van der Waals surface area (Å²) in [4.78, 5) is 2.32. The first-order valence-corrected chi connectivity index (χ1v) is 6.18. The molecule has 0 aliphatic rings. The van der Waals surface area contributed by atoms with Crippen LogP contribution in [0.3, 0.4) is 0 Å². The van der Waals surface area contributed by atoms with Crippen molar-refractivity contribution < 1.29 is 0 Å². The van der Waals surface area contributed by atoms with Crippen molar-refractivity contribution in [2.24, 2.45) is 5.10 Å². The Morgan fingerprint density at radius 3 is 2.21 bits per heavy atom. The fraction of sp³-hybridized carbons (Fsp3) is 0.357. The SMILES string of the molecule is CCN(CC)Cc1ccc(NN=C(C#N)C#N)cc1. The van der Waals surface area contributed by atoms with E-state index < -0.39 is 0 Å². The van der Waals surface area contributed by atoms with Crippen LogP contribution in [0.25, 0.3) is 0 Å². The second-order valence-corrected chi connectivity index (χ2v) is 3.95. The summed E-state index contributed by atoms with van der Waals surface area (Å²) in [7, 11) is 0. The van der Waals surface area contributed by atoms with Gasteiger partial charge in [-0.3, -0.25) is 10.3 Å². The van der Waals surface area contributed by atoms with Gasteiger partial charge in [-0.15, -0.1) is 0 Å². The summed E-state index contributed by atoms with van der Waals surface area (Å²) in [5, 5.41) is 20.8. The first kappa shape index (κ1) is 14.7. The molecule has 1 N–H and O–H groups in total. The molecule has 0 aliphatic heterocycles. The van der Waals surface area contributed by atoms with E-state index in [9.17, 15) is 0 Å². The van der Waals surface area contributed by atoms with Crippen LogP contribution < -0.4 is 5.43 Å². The fourth-order valence-corrected chi connectivity index (χ4v) is 1.59. The minimum Gasteiger partial charge on any atom is -0.300 e. The van der Waals surface area contributed by atoms with Crippen molar-refractivity contribution in [2.45, 2.75) is 20.4 Å². The summed E-state index contributed by atoms with van der Waals surface area (Å²) in [6, 6.07) is 11.2. The third-order valence-corrected chi connectivity index (χ3v) is 2.76. The van der Waals surface area contributed by atoms with Gasteiger partial charge in [0.05, 0.1) is 5.69 Å². The summed E-state index contributed by atoms with van der Waals surface area (Å²) in [6.45, 7) is 7.24. The highest BCUT2D eigenvalue weighted by Crippen LogP contribution is 2.11. The molecule has 0 bridgehead atoms. The lowest BCUT2D eigenvalue weighted by atomic mass is 10.2. The van der Waals surface area contributed by atoms with E-state index in [1.165, 1.54) is 5.56 Å². The minimum absolute atomic E-state index is 0.188. The predicted octanol–water partition coefficient (Wildman–Crippen LogP) is 2.34. The zero-order valence-electron chi connectivity index (χ0n) is 11.2. The van der Waals surface area contributed by atoms with Crippen LogP contribution >= 0.6 is 0 Å². The predicted molar refractivity (Wildman–Crippen MR) is 75.4 cm³/mol. The molecule has 98 valence electrons. The maximum Gasteiger partial charge on any atom is 0.237 e. The van der Waals surface area contributed by atoms with E-state index >= 15 is 0 Å². The average molecular weight is 255 g/mol. The molecule has 0 aromatic heterocycles. The topological polar surface area (TPSA) is 75.2 Å². The Morgan fingerprint density at radius 1 is 1.16 bits per heavy atom. The number of hydrazone groups is 1. The molecule has 0 saturated carbocycles. The van der Waals surface area contributed by atoms with E-state index in [4.69, 9.17) is 10.5 Å². The molecule has 0 unspecified atom stereocenters. The zero-order chi connectivity index (χ0) is 14.1. The van der Waals surface area contributed by atoms with Crippen molar-refractivity contribution in [2.75, 3.05) is 18.5 Å². The highest BCUT2D eigenvalue weighted by Gasteiger charge is 2.01. The van der Waals surface area contributed by atoms with Crippen LogP contribution in [-0.4, -0.2) is 23.7 Å². The highest BCUT2D eigenvalue weighted by molar-refractivity contribution is 6.10. The summed E-state index contributed by atoms with van der Waals surface area (Å²) in [5.74, 6) is 0. The molecule has 0 saturated heterocycles. The summed E-state index contributed by atoms with van der Waals surface area (Å²) in [5.41, 5.74) is 4.47. The van der Waals surface area contributed by atoms with Crippen LogP contribution in [0.15, 0.2) is 29.4 Å². The fourth-order valence-electron chi connectivity index (χ4n) is 1.59. The van der Waals surface area contributed by atoms with Crippen LogP contribution in [0.4, 0.5) is 5.69 Å². The smallest absolute Gasteiger partial charge is 0.237 e. The average Bonchev–Trinajstić information content (AvgIpc) is 2.47. The quantitative estimate of drug-likeness (QED) is 0.625. The molecule has 1 aromatic carbocycles. The summed E-state index contributed by atoms with van der Waals surface area (Å²) in [6.07, 6.45) is 0. The number of nitrogens with zero attached hydrogens (tertiary/aromatic N) is 4. The van der Waals surface area contributed by atoms with Crippen molar-refractivity contribution in [3.8, 4) is 12.1 Å². The zero-order valence-corrected chi connectivity index (χ0v) is 11.2. The third kappa shape index (κ3) is 4.79. The van der Waals surface area contributed by atoms with Crippen molar-refractivity contribution in [1.82, 2.24) is 4.90 Å². The number of rotatable bonds is 6. The minimum atomic E-state index is -0.188. The van der Waals surface area contributed by atoms with E-state index in [1.54, 1.807) is 12.1 Å². The van der Waals surface area contributed by atoms with Crippen LogP contribution in [-0.2, 0) is 6.54 Å². The van der Waals surface area contributed by atoms with Gasteiger partial charge >= 0.3 is 0 Å². The Kier molecular flexibility index (Phi) is 6.08. The molecular weight excluding hydrogens is 238 g/mol.